The molecule has 1 fully saturated rings. The molecule has 2 aromatic rings. The molecule has 1 aromatic carbocycles. The van der Waals surface area contributed by atoms with E-state index in [1.807, 2.05) is 19.1 Å². The van der Waals surface area contributed by atoms with E-state index >= 15 is 0 Å². The fourth-order valence-electron chi connectivity index (χ4n) is 2.93. The highest BCUT2D eigenvalue weighted by Gasteiger charge is 2.30. The highest BCUT2D eigenvalue weighted by Crippen LogP contribution is 2.11. The lowest BCUT2D eigenvalue weighted by molar-refractivity contribution is -0.156. The van der Waals surface area contributed by atoms with Crippen LogP contribution >= 0.6 is 0 Å². The zero-order valence-electron chi connectivity index (χ0n) is 16.0. The first-order valence-corrected chi connectivity index (χ1v) is 9.23. The third-order valence-electron chi connectivity index (χ3n) is 4.47. The van der Waals surface area contributed by atoms with Crippen LogP contribution in [0.5, 0.6) is 0 Å². The highest BCUT2D eigenvalue weighted by atomic mass is 16.3. The first-order chi connectivity index (χ1) is 14.0. The van der Waals surface area contributed by atoms with Crippen LogP contribution in [0.1, 0.15) is 32.9 Å². The number of furan rings is 1. The maximum Gasteiger partial charge on any atom is 0.287 e. The molecule has 1 aliphatic rings. The summed E-state index contributed by atoms with van der Waals surface area (Å²) in [4.78, 5) is 48.9. The Hall–Kier alpha value is -3.62. The molecular formula is C20H22N4O5. The van der Waals surface area contributed by atoms with Crippen LogP contribution in [0.3, 0.4) is 0 Å². The van der Waals surface area contributed by atoms with Crippen molar-refractivity contribution in [2.45, 2.75) is 13.3 Å². The summed E-state index contributed by atoms with van der Waals surface area (Å²) in [6, 6.07) is 10.1. The minimum atomic E-state index is -0.509. The first kappa shape index (κ1) is 20.1. The van der Waals surface area contributed by atoms with Crippen LogP contribution in [0.25, 0.3) is 0 Å². The third kappa shape index (κ3) is 5.01. The number of carbonyl (C=O) groups is 4. The molecule has 0 bridgehead atoms. The van der Waals surface area contributed by atoms with Crippen molar-refractivity contribution in [3.63, 3.8) is 0 Å². The average molecular weight is 398 g/mol. The maximum absolute atomic E-state index is 12.5. The number of hydrogen-bond acceptors (Lipinski definition) is 5. The smallest absolute Gasteiger partial charge is 0.287 e. The molecule has 0 radical (unpaired) electrons. The van der Waals surface area contributed by atoms with Crippen molar-refractivity contribution in [3.05, 3.63) is 59.5 Å². The first-order valence-electron chi connectivity index (χ1n) is 9.23. The van der Waals surface area contributed by atoms with Gasteiger partial charge in [0.25, 0.3) is 23.6 Å². The second kappa shape index (κ2) is 9.05. The Labute approximate surface area is 167 Å². The largest absolute Gasteiger partial charge is 0.459 e. The van der Waals surface area contributed by atoms with E-state index in [9.17, 15) is 19.2 Å². The number of aryl methyl sites for hydroxylation is 1. The molecular weight excluding hydrogens is 376 g/mol. The fraction of sp³-hybridized carbons (Fsp3) is 0.300. The molecule has 2 heterocycles. The third-order valence-corrected chi connectivity index (χ3v) is 4.47. The molecule has 9 nitrogen and oxygen atoms in total. The molecule has 0 spiro atoms. The van der Waals surface area contributed by atoms with Gasteiger partial charge in [-0.25, -0.2) is 10.0 Å². The summed E-state index contributed by atoms with van der Waals surface area (Å²) in [5.74, 6) is -1.58. The maximum atomic E-state index is 12.5. The van der Waals surface area contributed by atoms with E-state index in [1.54, 1.807) is 18.2 Å². The van der Waals surface area contributed by atoms with Gasteiger partial charge in [-0.05, 0) is 37.6 Å². The van der Waals surface area contributed by atoms with Crippen LogP contribution in [-0.2, 0) is 9.59 Å². The van der Waals surface area contributed by atoms with Crippen molar-refractivity contribution in [3.8, 4) is 0 Å². The van der Waals surface area contributed by atoms with E-state index in [1.165, 1.54) is 22.3 Å². The molecule has 0 atom stereocenters. The quantitative estimate of drug-likeness (QED) is 0.745. The Balaban J connectivity index is 1.50. The summed E-state index contributed by atoms with van der Waals surface area (Å²) in [7, 11) is 0. The van der Waals surface area contributed by atoms with Crippen molar-refractivity contribution >= 4 is 23.6 Å². The number of nitrogens with zero attached hydrogens (tertiary/aromatic N) is 2. The van der Waals surface area contributed by atoms with E-state index in [2.05, 4.69) is 10.6 Å². The van der Waals surface area contributed by atoms with Gasteiger partial charge in [0.05, 0.1) is 19.4 Å². The monoisotopic (exact) mass is 398 g/mol. The number of rotatable bonds is 6. The number of benzene rings is 1. The molecule has 1 aliphatic heterocycles. The standard InChI is InChI=1S/C20H22N4O5/c1-14-5-7-15(8-6-14)19(27)21-12-17(25)23-9-3-10-24(23)18(26)13-22-20(28)16-4-2-11-29-16/h2,4-8,11H,3,9-10,12-13H2,1H3,(H,21,27)(H,22,28). The summed E-state index contributed by atoms with van der Waals surface area (Å²) >= 11 is 0. The van der Waals surface area contributed by atoms with Gasteiger partial charge in [0.2, 0.25) is 0 Å². The van der Waals surface area contributed by atoms with Crippen LogP contribution in [0, 0.1) is 6.92 Å². The molecule has 29 heavy (non-hydrogen) atoms. The number of amides is 4. The summed E-state index contributed by atoms with van der Waals surface area (Å²) in [6.07, 6.45) is 1.98. The molecule has 0 saturated carbocycles. The molecule has 4 amide bonds. The number of hydrazine groups is 1. The molecule has 3 rings (SSSR count). The van der Waals surface area contributed by atoms with E-state index in [0.717, 1.165) is 5.56 Å². The summed E-state index contributed by atoms with van der Waals surface area (Å²) in [5.41, 5.74) is 1.49. The Bertz CT molecular complexity index is 892. The minimum absolute atomic E-state index is 0.103. The van der Waals surface area contributed by atoms with Crippen molar-refractivity contribution in [1.82, 2.24) is 20.7 Å². The normalized spacial score (nSPS) is 13.3. The van der Waals surface area contributed by atoms with Gasteiger partial charge in [0, 0.05) is 18.7 Å². The minimum Gasteiger partial charge on any atom is -0.459 e. The number of hydrogen-bond donors (Lipinski definition) is 2. The fourth-order valence-corrected chi connectivity index (χ4v) is 2.93. The zero-order valence-corrected chi connectivity index (χ0v) is 16.0. The summed E-state index contributed by atoms with van der Waals surface area (Å²) in [6.45, 7) is 2.17. The summed E-state index contributed by atoms with van der Waals surface area (Å²) < 4.78 is 4.97. The van der Waals surface area contributed by atoms with Crippen LogP contribution in [-0.4, -0.2) is 59.8 Å². The molecule has 2 N–H and O–H groups in total. The van der Waals surface area contributed by atoms with E-state index in [4.69, 9.17) is 4.42 Å². The van der Waals surface area contributed by atoms with Gasteiger partial charge >= 0.3 is 0 Å². The molecule has 0 aliphatic carbocycles. The lowest BCUT2D eigenvalue weighted by Crippen LogP contribution is -2.51. The van der Waals surface area contributed by atoms with Gasteiger partial charge < -0.3 is 15.1 Å². The lowest BCUT2D eigenvalue weighted by Gasteiger charge is -2.28. The highest BCUT2D eigenvalue weighted by molar-refractivity contribution is 5.97. The van der Waals surface area contributed by atoms with Crippen molar-refractivity contribution in [1.29, 1.82) is 0 Å². The SMILES string of the molecule is Cc1ccc(C(=O)NCC(=O)N2CCCN2C(=O)CNC(=O)c2ccco2)cc1. The van der Waals surface area contributed by atoms with Gasteiger partial charge in [0.1, 0.15) is 0 Å². The molecule has 0 unspecified atom stereocenters. The molecule has 1 aromatic heterocycles. The predicted octanol–water partition coefficient (Wildman–Crippen LogP) is 0.724. The Morgan fingerprint density at radius 2 is 1.48 bits per heavy atom. The Morgan fingerprint density at radius 3 is 2.03 bits per heavy atom. The van der Waals surface area contributed by atoms with Gasteiger partial charge in [0.15, 0.2) is 5.76 Å². The Morgan fingerprint density at radius 1 is 0.897 bits per heavy atom. The molecule has 152 valence electrons. The summed E-state index contributed by atoms with van der Waals surface area (Å²) in [5, 5.41) is 7.64. The van der Waals surface area contributed by atoms with Gasteiger partial charge in [-0.2, -0.15) is 0 Å². The average Bonchev–Trinajstić information content (AvgIpc) is 3.42. The van der Waals surface area contributed by atoms with Crippen molar-refractivity contribution in [2.24, 2.45) is 0 Å². The van der Waals surface area contributed by atoms with Crippen LogP contribution < -0.4 is 10.6 Å². The molecule has 1 saturated heterocycles. The van der Waals surface area contributed by atoms with Crippen LogP contribution in [0.15, 0.2) is 47.1 Å². The number of nitrogens with one attached hydrogen (secondary N) is 2. The lowest BCUT2D eigenvalue weighted by atomic mass is 10.1. The molecule has 9 heteroatoms. The van der Waals surface area contributed by atoms with Gasteiger partial charge in [-0.1, -0.05) is 17.7 Å². The topological polar surface area (TPSA) is 112 Å². The van der Waals surface area contributed by atoms with E-state index < -0.39 is 17.7 Å². The van der Waals surface area contributed by atoms with Crippen LogP contribution in [0.4, 0.5) is 0 Å². The van der Waals surface area contributed by atoms with Gasteiger partial charge in [-0.15, -0.1) is 0 Å². The van der Waals surface area contributed by atoms with Crippen molar-refractivity contribution < 1.29 is 23.6 Å². The van der Waals surface area contributed by atoms with Crippen molar-refractivity contribution in [2.75, 3.05) is 26.2 Å². The predicted molar refractivity (Wildman–Crippen MR) is 103 cm³/mol. The van der Waals surface area contributed by atoms with Crippen LogP contribution in [0.2, 0.25) is 0 Å². The van der Waals surface area contributed by atoms with E-state index in [-0.39, 0.29) is 24.8 Å². The second-order valence-corrected chi connectivity index (χ2v) is 6.60. The zero-order chi connectivity index (χ0) is 20.8. The number of carbonyl (C=O) groups excluding carboxylic acids is 4. The van der Waals surface area contributed by atoms with E-state index in [0.29, 0.717) is 25.1 Å². The van der Waals surface area contributed by atoms with Gasteiger partial charge in [-0.3, -0.25) is 19.2 Å². The second-order valence-electron chi connectivity index (χ2n) is 6.60. The Kier molecular flexibility index (Phi) is 6.28.